The topological polar surface area (TPSA) is 0 Å². The van der Waals surface area contributed by atoms with E-state index in [4.69, 9.17) is 0 Å². The van der Waals surface area contributed by atoms with Crippen LogP contribution in [0.5, 0.6) is 0 Å². The van der Waals surface area contributed by atoms with Gasteiger partial charge in [0.1, 0.15) is 0 Å². The maximum atomic E-state index is 2.42. The van der Waals surface area contributed by atoms with E-state index in [1.807, 2.05) is 0 Å². The van der Waals surface area contributed by atoms with Crippen LogP contribution in [0, 0.1) is 86.3 Å². The molecule has 0 aromatic rings. The normalized spacial score (nSPS) is 33.5. The fourth-order valence-corrected chi connectivity index (χ4v) is 13.2. The molecular weight excluding hydrogens is 769 g/mol. The molecule has 0 spiro atoms. The van der Waals surface area contributed by atoms with Gasteiger partial charge in [-0.1, -0.05) is 260 Å². The van der Waals surface area contributed by atoms with Gasteiger partial charge in [-0.25, -0.2) is 0 Å². The van der Waals surface area contributed by atoms with E-state index in [0.717, 1.165) is 70.0 Å². The summed E-state index contributed by atoms with van der Waals surface area (Å²) in [5.41, 5.74) is 3.44. The second-order valence-corrected chi connectivity index (χ2v) is 28.2. The highest BCUT2D eigenvalue weighted by Crippen LogP contribution is 2.44. The molecule has 0 saturated heterocycles. The van der Waals surface area contributed by atoms with Gasteiger partial charge < -0.3 is 0 Å². The quantitative estimate of drug-likeness (QED) is 0.264. The highest BCUT2D eigenvalue weighted by Gasteiger charge is 2.32. The molecule has 8 aliphatic rings. The molecule has 64 heavy (non-hydrogen) atoms. The molecule has 0 amide bonds. The van der Waals surface area contributed by atoms with Crippen LogP contribution in [0.3, 0.4) is 0 Å². The molecule has 8 rings (SSSR count). The average Bonchev–Trinajstić information content (AvgIpc) is 4.10. The smallest absolute Gasteiger partial charge is 0.0328 e. The van der Waals surface area contributed by atoms with Gasteiger partial charge in [0.05, 0.1) is 0 Å². The van der Waals surface area contributed by atoms with Crippen molar-refractivity contribution in [3.8, 4) is 0 Å². The maximum absolute atomic E-state index is 2.42. The van der Waals surface area contributed by atoms with Crippen LogP contribution in [0.2, 0.25) is 0 Å². The molecule has 0 heterocycles. The summed E-state index contributed by atoms with van der Waals surface area (Å²) in [6.45, 7) is 47.3. The molecule has 0 aromatic heterocycles. The Morgan fingerprint density at radius 2 is 0.828 bits per heavy atom. The molecule has 0 N–H and O–H groups in total. The van der Waals surface area contributed by atoms with Crippen molar-refractivity contribution in [2.75, 3.05) is 0 Å². The zero-order valence-electron chi connectivity index (χ0n) is 48.8. The summed E-state index contributed by atoms with van der Waals surface area (Å²) in [5.74, 6) is 9.99. The van der Waals surface area contributed by atoms with Crippen LogP contribution >= 0.6 is 0 Å². The first-order valence-corrected chi connectivity index (χ1v) is 29.7. The van der Waals surface area contributed by atoms with E-state index in [0.29, 0.717) is 16.2 Å². The minimum Gasteiger partial charge on any atom is -0.0651 e. The van der Waals surface area contributed by atoms with Gasteiger partial charge in [-0.15, -0.1) is 0 Å². The van der Waals surface area contributed by atoms with Crippen molar-refractivity contribution in [3.05, 3.63) is 0 Å². The first-order chi connectivity index (χ1) is 29.7. The van der Waals surface area contributed by atoms with E-state index in [1.54, 1.807) is 0 Å². The van der Waals surface area contributed by atoms with Crippen molar-refractivity contribution < 1.29 is 0 Å². The summed E-state index contributed by atoms with van der Waals surface area (Å²) < 4.78 is 0. The van der Waals surface area contributed by atoms with E-state index >= 15 is 0 Å². The van der Waals surface area contributed by atoms with Crippen LogP contribution in [0.1, 0.15) is 325 Å². The van der Waals surface area contributed by atoms with Crippen LogP contribution < -0.4 is 0 Å². The molecule has 5 unspecified atom stereocenters. The van der Waals surface area contributed by atoms with E-state index in [2.05, 4.69) is 138 Å². The number of hydrogen-bond acceptors (Lipinski definition) is 0. The Hall–Kier alpha value is 0. The molecule has 0 bridgehead atoms. The van der Waals surface area contributed by atoms with Crippen molar-refractivity contribution in [3.63, 3.8) is 0 Å². The predicted octanol–water partition coefficient (Wildman–Crippen LogP) is 22.8. The lowest BCUT2D eigenvalue weighted by molar-refractivity contribution is 0.281. The van der Waals surface area contributed by atoms with Crippen LogP contribution in [-0.4, -0.2) is 0 Å². The molecule has 0 heteroatoms. The monoisotopic (exact) mass is 897 g/mol. The molecule has 8 aliphatic carbocycles. The van der Waals surface area contributed by atoms with Gasteiger partial charge in [0.25, 0.3) is 0 Å². The number of rotatable bonds is 4. The highest BCUT2D eigenvalue weighted by molar-refractivity contribution is 4.83. The highest BCUT2D eigenvalue weighted by atomic mass is 14.4. The average molecular weight is 898 g/mol. The van der Waals surface area contributed by atoms with Crippen molar-refractivity contribution >= 4 is 0 Å². The Kier molecular flexibility index (Phi) is 29.6. The molecule has 0 aliphatic heterocycles. The van der Waals surface area contributed by atoms with Gasteiger partial charge in [-0.3, -0.25) is 0 Å². The Balaban J connectivity index is 0.000000366. The zero-order valence-corrected chi connectivity index (χ0v) is 48.8. The summed E-state index contributed by atoms with van der Waals surface area (Å²) in [7, 11) is 0. The molecular formula is C64H128. The van der Waals surface area contributed by atoms with Gasteiger partial charge in [0.15, 0.2) is 0 Å². The summed E-state index contributed by atoms with van der Waals surface area (Å²) in [5, 5.41) is 0. The van der Waals surface area contributed by atoms with Crippen molar-refractivity contribution in [2.45, 2.75) is 325 Å². The van der Waals surface area contributed by atoms with Crippen molar-refractivity contribution in [1.82, 2.24) is 0 Å². The third kappa shape index (κ3) is 25.0. The van der Waals surface area contributed by atoms with Crippen LogP contribution in [-0.2, 0) is 0 Å². The first kappa shape index (κ1) is 62.0. The molecule has 0 aromatic carbocycles. The summed E-state index contributed by atoms with van der Waals surface area (Å²) in [4.78, 5) is 0. The third-order valence-electron chi connectivity index (χ3n) is 20.6. The Labute approximate surface area is 409 Å². The van der Waals surface area contributed by atoms with Crippen LogP contribution in [0.25, 0.3) is 0 Å². The molecule has 8 fully saturated rings. The second kappa shape index (κ2) is 30.6. The fourth-order valence-electron chi connectivity index (χ4n) is 13.2. The lowest BCUT2D eigenvalue weighted by Gasteiger charge is -2.22. The molecule has 384 valence electrons. The van der Waals surface area contributed by atoms with E-state index in [-0.39, 0.29) is 0 Å². The fraction of sp³-hybridized carbons (Fsp3) is 1.00. The standard InChI is InChI=1S/8C8H16/c1-6-4-7(2)8(3)5-6;1-7-4-5-8(2,3)6-7;2*1-7-5-4-6-8(7,2)3;1-7(2)8-5-3-4-6-8;2*1-3-8(2)6-4-5-7-8;1-3-8-6-4-5-7(8)2/h6-8H,4-5H2,1-3H3;3*7H,4-6H2,1-3H3;7-8H,3-6H2,1-2H3;2*3-7H2,1-2H3;7-8H,3-6H2,1-2H3/t;2*7-;;;;;/m.00...../s1. The van der Waals surface area contributed by atoms with Crippen LogP contribution in [0.4, 0.5) is 0 Å². The zero-order chi connectivity index (χ0) is 48.8. The summed E-state index contributed by atoms with van der Waals surface area (Å²) >= 11 is 0. The SMILES string of the molecule is CC(C)C1CCCC1.CC1CC(C)C(C)C1.CC1CCCC1(C)C.CCC1(C)CCCC1.CCC1(C)CCCC1.CCC1CCCC1C.C[C@H]1CCC(C)(C)C1.C[C@H]1CCCC1(C)C. The van der Waals surface area contributed by atoms with Crippen molar-refractivity contribution in [1.29, 1.82) is 0 Å². The van der Waals surface area contributed by atoms with Gasteiger partial charge in [0, 0.05) is 0 Å². The minimum absolute atomic E-state index is 0.653. The van der Waals surface area contributed by atoms with Gasteiger partial charge >= 0.3 is 0 Å². The van der Waals surface area contributed by atoms with Crippen LogP contribution in [0.15, 0.2) is 0 Å². The van der Waals surface area contributed by atoms with Crippen molar-refractivity contribution in [2.24, 2.45) is 86.3 Å². The summed E-state index contributed by atoms with van der Waals surface area (Å²) in [6, 6.07) is 0. The molecule has 8 saturated carbocycles. The Bertz CT molecular complexity index is 1050. The third-order valence-corrected chi connectivity index (χ3v) is 20.6. The Morgan fingerprint density at radius 3 is 0.969 bits per heavy atom. The van der Waals surface area contributed by atoms with E-state index in [9.17, 15) is 0 Å². The minimum atomic E-state index is 0.653. The molecule has 0 radical (unpaired) electrons. The van der Waals surface area contributed by atoms with Gasteiger partial charge in [0.2, 0.25) is 0 Å². The second-order valence-electron chi connectivity index (χ2n) is 28.2. The Morgan fingerprint density at radius 1 is 0.406 bits per heavy atom. The van der Waals surface area contributed by atoms with E-state index in [1.165, 1.54) is 186 Å². The van der Waals surface area contributed by atoms with E-state index < -0.39 is 0 Å². The first-order valence-electron chi connectivity index (χ1n) is 29.7. The van der Waals surface area contributed by atoms with Gasteiger partial charge in [-0.2, -0.15) is 0 Å². The molecule has 7 atom stereocenters. The lowest BCUT2D eigenvalue weighted by Crippen LogP contribution is -2.13. The molecule has 0 nitrogen and oxygen atoms in total. The largest absolute Gasteiger partial charge is 0.0651 e. The maximum Gasteiger partial charge on any atom is -0.0328 e. The summed E-state index contributed by atoms with van der Waals surface area (Å²) in [6.07, 6.45) is 42.3. The van der Waals surface area contributed by atoms with Gasteiger partial charge in [-0.05, 0) is 150 Å². The lowest BCUT2D eigenvalue weighted by atomic mass is 9.83. The predicted molar refractivity (Wildman–Crippen MR) is 294 cm³/mol. The number of hydrogen-bond donors (Lipinski definition) is 0.